The fourth-order valence-corrected chi connectivity index (χ4v) is 4.83. The van der Waals surface area contributed by atoms with Crippen molar-refractivity contribution in [3.05, 3.63) is 35.1 Å². The van der Waals surface area contributed by atoms with E-state index in [1.165, 1.54) is 9.18 Å². The Labute approximate surface area is 147 Å². The molecular formula is C16H22N4O2S2. The standard InChI is InChI=1S/C16H22N4O2S2/c1-12-9-18-16(23-12)13-6-7-15(17-10-13)14-5-4-8-20(11-14)24(21,22)19(2)3/h6-7,9-10,14H,4-5,8,11H2,1-3H3/t14-/m0/s1. The molecule has 0 spiro atoms. The number of piperidine rings is 1. The average Bonchev–Trinajstić information content (AvgIpc) is 3.01. The molecule has 0 aromatic carbocycles. The zero-order chi connectivity index (χ0) is 17.3. The molecule has 0 saturated carbocycles. The van der Waals surface area contributed by atoms with E-state index in [-0.39, 0.29) is 5.92 Å². The Morgan fingerprint density at radius 1 is 1.25 bits per heavy atom. The van der Waals surface area contributed by atoms with Gasteiger partial charge in [-0.1, -0.05) is 0 Å². The molecule has 0 bridgehead atoms. The SMILES string of the molecule is Cc1cnc(-c2ccc([C@H]3CCCN(S(=O)(=O)N(C)C)C3)nc2)s1. The second kappa shape index (κ2) is 6.87. The zero-order valence-electron chi connectivity index (χ0n) is 14.1. The maximum Gasteiger partial charge on any atom is 0.281 e. The summed E-state index contributed by atoms with van der Waals surface area (Å²) in [5.74, 6) is 0.139. The first-order valence-electron chi connectivity index (χ1n) is 7.94. The summed E-state index contributed by atoms with van der Waals surface area (Å²) >= 11 is 1.65. The molecule has 3 heterocycles. The molecule has 0 amide bonds. The lowest BCUT2D eigenvalue weighted by atomic mass is 9.95. The normalized spacial score (nSPS) is 19.8. The van der Waals surface area contributed by atoms with Crippen LogP contribution in [0.1, 0.15) is 29.3 Å². The van der Waals surface area contributed by atoms with E-state index in [1.807, 2.05) is 31.5 Å². The van der Waals surface area contributed by atoms with Crippen LogP contribution in [0.4, 0.5) is 0 Å². The van der Waals surface area contributed by atoms with Crippen LogP contribution in [0.3, 0.4) is 0 Å². The number of hydrogen-bond donors (Lipinski definition) is 0. The summed E-state index contributed by atoms with van der Waals surface area (Å²) in [6.45, 7) is 3.10. The highest BCUT2D eigenvalue weighted by atomic mass is 32.2. The van der Waals surface area contributed by atoms with Crippen LogP contribution in [0.25, 0.3) is 10.6 Å². The Kier molecular flexibility index (Phi) is 5.00. The number of hydrogen-bond acceptors (Lipinski definition) is 5. The summed E-state index contributed by atoms with van der Waals surface area (Å²) in [5.41, 5.74) is 1.95. The number of aromatic nitrogens is 2. The highest BCUT2D eigenvalue weighted by Gasteiger charge is 2.31. The second-order valence-electron chi connectivity index (χ2n) is 6.24. The van der Waals surface area contributed by atoms with Crippen LogP contribution >= 0.6 is 11.3 Å². The van der Waals surface area contributed by atoms with Crippen molar-refractivity contribution < 1.29 is 8.42 Å². The summed E-state index contributed by atoms with van der Waals surface area (Å²) < 4.78 is 27.5. The third kappa shape index (κ3) is 3.51. The number of aryl methyl sites for hydroxylation is 1. The summed E-state index contributed by atoms with van der Waals surface area (Å²) in [5, 5.41) is 0.965. The van der Waals surface area contributed by atoms with Gasteiger partial charge in [-0.25, -0.2) is 4.98 Å². The van der Waals surface area contributed by atoms with E-state index < -0.39 is 10.2 Å². The molecule has 6 nitrogen and oxygen atoms in total. The van der Waals surface area contributed by atoms with Gasteiger partial charge in [-0.2, -0.15) is 17.0 Å². The highest BCUT2D eigenvalue weighted by molar-refractivity contribution is 7.86. The second-order valence-corrected chi connectivity index (χ2v) is 9.61. The van der Waals surface area contributed by atoms with Gasteiger partial charge in [0, 0.05) is 61.6 Å². The molecule has 0 unspecified atom stereocenters. The molecule has 8 heteroatoms. The van der Waals surface area contributed by atoms with Gasteiger partial charge in [-0.05, 0) is 31.9 Å². The van der Waals surface area contributed by atoms with E-state index in [0.717, 1.165) is 29.1 Å². The minimum absolute atomic E-state index is 0.139. The largest absolute Gasteiger partial charge is 0.281 e. The Balaban J connectivity index is 1.77. The van der Waals surface area contributed by atoms with Gasteiger partial charge in [0.1, 0.15) is 5.01 Å². The van der Waals surface area contributed by atoms with Crippen molar-refractivity contribution in [3.63, 3.8) is 0 Å². The van der Waals surface area contributed by atoms with Crippen molar-refractivity contribution in [2.45, 2.75) is 25.7 Å². The summed E-state index contributed by atoms with van der Waals surface area (Å²) in [6, 6.07) is 4.03. The van der Waals surface area contributed by atoms with Crippen LogP contribution < -0.4 is 0 Å². The van der Waals surface area contributed by atoms with Crippen LogP contribution in [0.15, 0.2) is 24.5 Å². The van der Waals surface area contributed by atoms with Gasteiger partial charge < -0.3 is 0 Å². The summed E-state index contributed by atoms with van der Waals surface area (Å²) in [6.07, 6.45) is 5.51. The summed E-state index contributed by atoms with van der Waals surface area (Å²) in [4.78, 5) is 10.1. The third-order valence-corrected chi connectivity index (χ3v) is 7.11. The molecule has 2 aromatic rings. The van der Waals surface area contributed by atoms with Crippen molar-refractivity contribution in [3.8, 4) is 10.6 Å². The first-order valence-corrected chi connectivity index (χ1v) is 10.2. The molecule has 1 fully saturated rings. The van der Waals surface area contributed by atoms with Gasteiger partial charge in [-0.3, -0.25) is 4.98 Å². The summed E-state index contributed by atoms with van der Waals surface area (Å²) in [7, 11) is -0.216. The van der Waals surface area contributed by atoms with Crippen molar-refractivity contribution in [1.29, 1.82) is 0 Å². The number of thiazole rings is 1. The van der Waals surface area contributed by atoms with Crippen molar-refractivity contribution in [2.24, 2.45) is 0 Å². The van der Waals surface area contributed by atoms with Crippen molar-refractivity contribution in [1.82, 2.24) is 18.6 Å². The van der Waals surface area contributed by atoms with Gasteiger partial charge in [0.15, 0.2) is 0 Å². The molecule has 0 aliphatic carbocycles. The molecule has 1 saturated heterocycles. The van der Waals surface area contributed by atoms with Gasteiger partial charge in [0.2, 0.25) is 0 Å². The quantitative estimate of drug-likeness (QED) is 0.834. The van der Waals surface area contributed by atoms with Crippen molar-refractivity contribution >= 4 is 21.5 Å². The lowest BCUT2D eigenvalue weighted by molar-refractivity contribution is 0.296. The van der Waals surface area contributed by atoms with Gasteiger partial charge in [0.25, 0.3) is 10.2 Å². The molecule has 3 rings (SSSR count). The average molecular weight is 367 g/mol. The Bertz CT molecular complexity index is 800. The van der Waals surface area contributed by atoms with Crippen LogP contribution in [-0.4, -0.2) is 54.2 Å². The van der Waals surface area contributed by atoms with E-state index >= 15 is 0 Å². The maximum atomic E-state index is 12.3. The minimum Gasteiger partial charge on any atom is -0.260 e. The van der Waals surface area contributed by atoms with E-state index in [1.54, 1.807) is 29.7 Å². The lowest BCUT2D eigenvalue weighted by Crippen LogP contribution is -2.45. The Morgan fingerprint density at radius 2 is 2.04 bits per heavy atom. The molecular weight excluding hydrogens is 344 g/mol. The maximum absolute atomic E-state index is 12.3. The first kappa shape index (κ1) is 17.5. The molecule has 1 aliphatic heterocycles. The monoisotopic (exact) mass is 366 g/mol. The lowest BCUT2D eigenvalue weighted by Gasteiger charge is -2.33. The molecule has 130 valence electrons. The van der Waals surface area contributed by atoms with E-state index in [9.17, 15) is 8.42 Å². The molecule has 0 N–H and O–H groups in total. The predicted octanol–water partition coefficient (Wildman–Crippen LogP) is 2.50. The Morgan fingerprint density at radius 3 is 2.62 bits per heavy atom. The van der Waals surface area contributed by atoms with Crippen LogP contribution in [0.2, 0.25) is 0 Å². The predicted molar refractivity (Wildman–Crippen MR) is 96.2 cm³/mol. The van der Waals surface area contributed by atoms with E-state index in [2.05, 4.69) is 9.97 Å². The van der Waals surface area contributed by atoms with Crippen LogP contribution in [-0.2, 0) is 10.2 Å². The number of pyridine rings is 1. The third-order valence-electron chi connectivity index (χ3n) is 4.24. The molecule has 1 atom stereocenters. The first-order chi connectivity index (χ1) is 11.4. The van der Waals surface area contributed by atoms with Gasteiger partial charge >= 0.3 is 0 Å². The van der Waals surface area contributed by atoms with E-state index in [0.29, 0.717) is 13.1 Å². The fraction of sp³-hybridized carbons (Fsp3) is 0.500. The fourth-order valence-electron chi connectivity index (χ4n) is 2.89. The number of rotatable bonds is 4. The van der Waals surface area contributed by atoms with E-state index in [4.69, 9.17) is 0 Å². The topological polar surface area (TPSA) is 66.4 Å². The van der Waals surface area contributed by atoms with Crippen LogP contribution in [0, 0.1) is 6.92 Å². The molecule has 24 heavy (non-hydrogen) atoms. The van der Waals surface area contributed by atoms with Gasteiger partial charge in [-0.15, -0.1) is 11.3 Å². The zero-order valence-corrected chi connectivity index (χ0v) is 15.8. The molecule has 1 aliphatic rings. The molecule has 0 radical (unpaired) electrons. The highest BCUT2D eigenvalue weighted by Crippen LogP contribution is 2.29. The van der Waals surface area contributed by atoms with Crippen molar-refractivity contribution in [2.75, 3.05) is 27.2 Å². The molecule has 2 aromatic heterocycles. The van der Waals surface area contributed by atoms with Crippen LogP contribution in [0.5, 0.6) is 0 Å². The Hall–Kier alpha value is -1.35. The smallest absolute Gasteiger partial charge is 0.260 e. The minimum atomic E-state index is -3.36. The number of nitrogens with zero attached hydrogens (tertiary/aromatic N) is 4. The van der Waals surface area contributed by atoms with Gasteiger partial charge in [0.05, 0.1) is 0 Å².